The molecule has 7 heterocycles. The van der Waals surface area contributed by atoms with E-state index >= 15 is 4.79 Å². The summed E-state index contributed by atoms with van der Waals surface area (Å²) in [5, 5.41) is 27.7. The topological polar surface area (TPSA) is 175 Å². The zero-order chi connectivity index (χ0) is 44.8. The smallest absolute Gasteiger partial charge is 0.336 e. The molecule has 64 heavy (non-hydrogen) atoms. The van der Waals surface area contributed by atoms with Gasteiger partial charge in [-0.05, 0) is 79.8 Å². The second-order valence-corrected chi connectivity index (χ2v) is 18.2. The van der Waals surface area contributed by atoms with E-state index in [4.69, 9.17) is 33.2 Å². The predicted molar refractivity (Wildman–Crippen MR) is 234 cm³/mol. The van der Waals surface area contributed by atoms with Gasteiger partial charge in [0.1, 0.15) is 18.6 Å². The van der Waals surface area contributed by atoms with Gasteiger partial charge in [-0.2, -0.15) is 0 Å². The predicted octanol–water partition coefficient (Wildman–Crippen LogP) is 5.33. The van der Waals surface area contributed by atoms with Crippen LogP contribution in [0.2, 0.25) is 0 Å². The highest BCUT2D eigenvalue weighted by molar-refractivity contribution is 7.99. The standard InChI is InChI=1S/C48H49N3O12S/c1-23-16-28-17-30-46(55)51-31-20-59-47(56)48(29-19-32(57-5)33(18-27(29)14-15-49-48)63-34(53)13-12-26-10-8-7-9-11-26)21-64-45(39(51)38(50(30)4)35(28)40(54)41(23)58-6)37-36(31)44-43(60-22-61-44)24(2)42(37)62-25(3)52/h7-13,16,18-19,30-31,38-39,45-46,49,54-55H,14-15,17,20-22H2,1-6H3/b13-12+/t30-,31-,38?,39?,45+,46-,48+/m0/s1. The number of aromatic hydroxyl groups is 1. The highest BCUT2D eigenvalue weighted by Gasteiger charge is 2.61. The van der Waals surface area contributed by atoms with Crippen LogP contribution in [0.5, 0.6) is 40.2 Å². The number of nitrogens with zero attached hydrogens (tertiary/aromatic N) is 2. The number of fused-ring (bicyclic) bond motifs is 9. The Kier molecular flexibility index (Phi) is 10.6. The summed E-state index contributed by atoms with van der Waals surface area (Å²) in [7, 11) is 4.96. The first-order valence-electron chi connectivity index (χ1n) is 21.3. The summed E-state index contributed by atoms with van der Waals surface area (Å²) in [6, 6.07) is 12.5. The molecule has 2 unspecified atom stereocenters. The number of ether oxygens (including phenoxy) is 7. The molecule has 0 aromatic heterocycles. The number of rotatable bonds is 6. The number of benzene rings is 4. The summed E-state index contributed by atoms with van der Waals surface area (Å²) < 4.78 is 42.4. The van der Waals surface area contributed by atoms with Crippen LogP contribution in [0.4, 0.5) is 0 Å². The SMILES string of the molecule is COc1cc2c(cc1OC(=O)/C=C/c1ccccc1)CCN[C@]21CS[C@@H]2c3c(OC(C)=O)c(C)c4c(c3[C@H](COC1=O)N1C2C2c3c(cc(C)c(OC)c3O)C[C@@H]([C@@H]1O)N2C)OCO4. The number of piperazine rings is 1. The number of hydrogen-bond donors (Lipinski definition) is 3. The monoisotopic (exact) mass is 891 g/mol. The number of thioether (sulfide) groups is 1. The van der Waals surface area contributed by atoms with Crippen LogP contribution in [0.25, 0.3) is 6.08 Å². The zero-order valence-electron chi connectivity index (χ0n) is 36.3. The minimum absolute atomic E-state index is 0.0225. The van der Waals surface area contributed by atoms with Crippen LogP contribution in [-0.4, -0.2) is 103 Å². The Balaban J connectivity index is 1.14. The third kappa shape index (κ3) is 6.43. The number of likely N-dealkylation sites (N-methyl/N-ethyl adjacent to an activating group) is 1. The van der Waals surface area contributed by atoms with Gasteiger partial charge in [-0.25, -0.2) is 9.59 Å². The van der Waals surface area contributed by atoms with E-state index in [2.05, 4.69) is 10.2 Å². The van der Waals surface area contributed by atoms with Crippen molar-refractivity contribution in [1.82, 2.24) is 15.1 Å². The molecule has 0 radical (unpaired) electrons. The molecule has 334 valence electrons. The average molecular weight is 892 g/mol. The highest BCUT2D eigenvalue weighted by Crippen LogP contribution is 2.64. The van der Waals surface area contributed by atoms with Gasteiger partial charge >= 0.3 is 17.9 Å². The van der Waals surface area contributed by atoms with E-state index in [9.17, 15) is 19.8 Å². The lowest BCUT2D eigenvalue weighted by atomic mass is 9.73. The third-order valence-electron chi connectivity index (χ3n) is 13.7. The fourth-order valence-electron chi connectivity index (χ4n) is 10.9. The molecule has 0 aliphatic carbocycles. The molecule has 2 saturated heterocycles. The number of aryl methyl sites for hydroxylation is 1. The largest absolute Gasteiger partial charge is 0.504 e. The molecule has 0 amide bonds. The summed E-state index contributed by atoms with van der Waals surface area (Å²) in [4.78, 5) is 45.3. The molecular formula is C48H49N3O12S. The van der Waals surface area contributed by atoms with Gasteiger partial charge in [-0.15, -0.1) is 11.8 Å². The maximum Gasteiger partial charge on any atom is 0.336 e. The van der Waals surface area contributed by atoms with Gasteiger partial charge in [0.15, 0.2) is 40.0 Å². The van der Waals surface area contributed by atoms with Crippen molar-refractivity contribution in [3.8, 4) is 40.2 Å². The minimum Gasteiger partial charge on any atom is -0.504 e. The molecule has 3 N–H and O–H groups in total. The second kappa shape index (κ2) is 16.0. The van der Waals surface area contributed by atoms with E-state index in [0.29, 0.717) is 70.2 Å². The van der Waals surface area contributed by atoms with Crippen molar-refractivity contribution in [2.45, 2.75) is 74.8 Å². The van der Waals surface area contributed by atoms with Crippen molar-refractivity contribution in [3.05, 3.63) is 105 Å². The number of nitrogens with one attached hydrogen (secondary N) is 1. The van der Waals surface area contributed by atoms with Crippen LogP contribution in [0.1, 0.15) is 74.3 Å². The number of phenols is 1. The molecule has 11 rings (SSSR count). The van der Waals surface area contributed by atoms with Crippen molar-refractivity contribution in [2.24, 2.45) is 0 Å². The fraction of sp³-hybridized carbons (Fsp3) is 0.396. The number of carbonyl (C=O) groups excluding carboxylic acids is 3. The summed E-state index contributed by atoms with van der Waals surface area (Å²) in [5.74, 6) is 0.421. The molecule has 4 aromatic carbocycles. The number of methoxy groups -OCH3 is 2. The van der Waals surface area contributed by atoms with Crippen LogP contribution < -0.4 is 33.7 Å². The molecular weight excluding hydrogens is 843 g/mol. The zero-order valence-corrected chi connectivity index (χ0v) is 37.1. The molecule has 4 aromatic rings. The minimum atomic E-state index is -1.44. The number of carbonyl (C=O) groups is 3. The first-order valence-corrected chi connectivity index (χ1v) is 22.3. The molecule has 16 heteroatoms. The van der Waals surface area contributed by atoms with E-state index in [1.54, 1.807) is 18.2 Å². The third-order valence-corrected chi connectivity index (χ3v) is 15.1. The molecule has 2 fully saturated rings. The Morgan fingerprint density at radius 3 is 2.48 bits per heavy atom. The molecule has 7 atom stereocenters. The molecule has 7 aliphatic rings. The highest BCUT2D eigenvalue weighted by atomic mass is 32.2. The van der Waals surface area contributed by atoms with Gasteiger partial charge in [0.25, 0.3) is 0 Å². The van der Waals surface area contributed by atoms with Crippen LogP contribution in [0, 0.1) is 13.8 Å². The van der Waals surface area contributed by atoms with E-state index in [1.165, 1.54) is 39.0 Å². The van der Waals surface area contributed by atoms with Crippen molar-refractivity contribution in [3.63, 3.8) is 0 Å². The quantitative estimate of drug-likeness (QED) is 0.129. The Bertz CT molecular complexity index is 2640. The van der Waals surface area contributed by atoms with Gasteiger partial charge in [0.2, 0.25) is 6.79 Å². The fourth-order valence-corrected chi connectivity index (χ4v) is 12.6. The van der Waals surface area contributed by atoms with Crippen molar-refractivity contribution >= 4 is 35.7 Å². The maximum absolute atomic E-state index is 15.0. The Morgan fingerprint density at radius 2 is 1.73 bits per heavy atom. The van der Waals surface area contributed by atoms with Crippen molar-refractivity contribution in [2.75, 3.05) is 47.0 Å². The van der Waals surface area contributed by atoms with Gasteiger partial charge in [-0.1, -0.05) is 36.4 Å². The number of phenolic OH excluding ortho intramolecular Hbond substituents is 1. The van der Waals surface area contributed by atoms with E-state index in [-0.39, 0.29) is 36.4 Å². The van der Waals surface area contributed by atoms with Crippen LogP contribution in [-0.2, 0) is 37.5 Å². The van der Waals surface area contributed by atoms with Crippen LogP contribution in [0.3, 0.4) is 0 Å². The number of aliphatic hydroxyl groups excluding tert-OH is 1. The van der Waals surface area contributed by atoms with Gasteiger partial charge in [0.05, 0.1) is 37.6 Å². The number of esters is 3. The lowest BCUT2D eigenvalue weighted by molar-refractivity contribution is -0.186. The Morgan fingerprint density at radius 1 is 0.953 bits per heavy atom. The second-order valence-electron chi connectivity index (χ2n) is 17.1. The summed E-state index contributed by atoms with van der Waals surface area (Å²) in [6.45, 7) is 5.13. The van der Waals surface area contributed by atoms with Gasteiger partial charge < -0.3 is 43.4 Å². The van der Waals surface area contributed by atoms with Crippen molar-refractivity contribution in [1.29, 1.82) is 0 Å². The molecule has 0 saturated carbocycles. The van der Waals surface area contributed by atoms with Crippen LogP contribution >= 0.6 is 11.8 Å². The molecule has 15 nitrogen and oxygen atoms in total. The lowest BCUT2D eigenvalue weighted by Gasteiger charge is -2.62. The number of aliphatic hydroxyl groups is 1. The molecule has 1 spiro atoms. The maximum atomic E-state index is 15.0. The number of hydrogen-bond acceptors (Lipinski definition) is 16. The Hall–Kier alpha value is -5.78. The average Bonchev–Trinajstić information content (AvgIpc) is 3.78. The van der Waals surface area contributed by atoms with Gasteiger partial charge in [0, 0.05) is 53.6 Å². The summed E-state index contributed by atoms with van der Waals surface area (Å²) in [6.07, 6.45) is 2.88. The van der Waals surface area contributed by atoms with Crippen LogP contribution in [0.15, 0.2) is 54.6 Å². The van der Waals surface area contributed by atoms with E-state index in [1.807, 2.05) is 62.2 Å². The van der Waals surface area contributed by atoms with Crippen molar-refractivity contribution < 1.29 is 57.8 Å². The summed E-state index contributed by atoms with van der Waals surface area (Å²) >= 11 is 1.45. The first kappa shape index (κ1) is 42.2. The van der Waals surface area contributed by atoms with E-state index in [0.717, 1.165) is 22.3 Å². The normalized spacial score (nSPS) is 26.6. The Labute approximate surface area is 374 Å². The van der Waals surface area contributed by atoms with Gasteiger partial charge in [-0.3, -0.25) is 19.9 Å². The van der Waals surface area contributed by atoms with E-state index < -0.39 is 59.1 Å². The summed E-state index contributed by atoms with van der Waals surface area (Å²) in [5.41, 5.74) is 4.94. The molecule has 7 aliphatic heterocycles. The first-order chi connectivity index (χ1) is 30.9. The lowest BCUT2D eigenvalue weighted by Crippen LogP contribution is -2.70. The molecule has 4 bridgehead atoms.